The van der Waals surface area contributed by atoms with E-state index in [-0.39, 0.29) is 24.3 Å². The lowest BCUT2D eigenvalue weighted by Gasteiger charge is -2.27. The van der Waals surface area contributed by atoms with Crippen LogP contribution in [0.5, 0.6) is 5.75 Å². The van der Waals surface area contributed by atoms with Crippen LogP contribution in [0, 0.1) is 18.6 Å². The van der Waals surface area contributed by atoms with E-state index in [1.54, 1.807) is 18.2 Å². The summed E-state index contributed by atoms with van der Waals surface area (Å²) in [5, 5.41) is 14.9. The Hall–Kier alpha value is -3.29. The third-order valence-electron chi connectivity index (χ3n) is 5.66. The molecule has 4 rings (SSSR count). The number of rotatable bonds is 10. The molecule has 0 aromatic heterocycles. The number of halogens is 2. The first-order chi connectivity index (χ1) is 16.5. The number of aliphatic hydroxyl groups excluding tert-OH is 1. The fourth-order valence-corrected chi connectivity index (χ4v) is 3.98. The van der Waals surface area contributed by atoms with E-state index in [1.807, 2.05) is 42.2 Å². The van der Waals surface area contributed by atoms with Crippen LogP contribution < -0.4 is 4.74 Å². The minimum atomic E-state index is -0.757. The van der Waals surface area contributed by atoms with Gasteiger partial charge in [0.05, 0.1) is 5.71 Å². The zero-order valence-corrected chi connectivity index (χ0v) is 19.0. The van der Waals surface area contributed by atoms with Gasteiger partial charge in [-0.15, -0.1) is 0 Å². The monoisotopic (exact) mass is 466 g/mol. The molecule has 7 heteroatoms. The Balaban J connectivity index is 1.38. The number of aryl methyl sites for hydroxylation is 1. The Morgan fingerprint density at radius 1 is 1.06 bits per heavy atom. The lowest BCUT2D eigenvalue weighted by atomic mass is 10.0. The van der Waals surface area contributed by atoms with Gasteiger partial charge in [0, 0.05) is 26.1 Å². The highest BCUT2D eigenvalue weighted by Gasteiger charge is 2.26. The van der Waals surface area contributed by atoms with Gasteiger partial charge in [-0.1, -0.05) is 47.6 Å². The molecule has 0 unspecified atom stereocenters. The van der Waals surface area contributed by atoms with Crippen LogP contribution in [0.25, 0.3) is 0 Å². The molecule has 1 aliphatic heterocycles. The number of benzene rings is 3. The van der Waals surface area contributed by atoms with E-state index in [0.717, 1.165) is 28.2 Å². The third-order valence-corrected chi connectivity index (χ3v) is 5.66. The normalized spacial score (nSPS) is 16.3. The van der Waals surface area contributed by atoms with Crippen LogP contribution in [0.4, 0.5) is 8.78 Å². The molecule has 1 heterocycles. The summed E-state index contributed by atoms with van der Waals surface area (Å²) < 4.78 is 32.8. The van der Waals surface area contributed by atoms with E-state index in [4.69, 9.17) is 9.57 Å². The van der Waals surface area contributed by atoms with Gasteiger partial charge in [0.15, 0.2) is 0 Å². The molecule has 2 atom stereocenters. The summed E-state index contributed by atoms with van der Waals surface area (Å²) in [7, 11) is 0. The second-order valence-corrected chi connectivity index (χ2v) is 8.53. The van der Waals surface area contributed by atoms with Crippen LogP contribution >= 0.6 is 0 Å². The van der Waals surface area contributed by atoms with E-state index >= 15 is 0 Å². The molecule has 3 aromatic carbocycles. The fraction of sp³-hybridized carbons (Fsp3) is 0.296. The molecular formula is C27H28F2N2O3. The molecule has 0 saturated heterocycles. The largest absolute Gasteiger partial charge is 0.491 e. The predicted molar refractivity (Wildman–Crippen MR) is 127 cm³/mol. The van der Waals surface area contributed by atoms with E-state index in [9.17, 15) is 13.9 Å². The standard InChI is InChI=1S/C27H28F2N2O3/c1-19-5-2-3-8-27(19)33-18-24(32)16-31(15-20-6-4-7-23(29)13-20)17-25-14-26(30-34-25)21-9-11-22(28)12-10-21/h2-13,24-25,32H,14-18H2,1H3/t24-,25+/m0/s1. The van der Waals surface area contributed by atoms with Crippen LogP contribution in [0.3, 0.4) is 0 Å². The number of oxime groups is 1. The van der Waals surface area contributed by atoms with Gasteiger partial charge in [0.2, 0.25) is 0 Å². The summed E-state index contributed by atoms with van der Waals surface area (Å²) in [5.74, 6) is 0.123. The van der Waals surface area contributed by atoms with E-state index in [2.05, 4.69) is 5.16 Å². The third kappa shape index (κ3) is 6.62. The van der Waals surface area contributed by atoms with Crippen molar-refractivity contribution in [3.63, 3.8) is 0 Å². The number of para-hydroxylation sites is 1. The SMILES string of the molecule is Cc1ccccc1OC[C@@H](O)CN(Cc1cccc(F)c1)C[C@H]1CC(c2ccc(F)cc2)=NO1. The maximum Gasteiger partial charge on any atom is 0.145 e. The first-order valence-corrected chi connectivity index (χ1v) is 11.3. The molecule has 0 aliphatic carbocycles. The molecule has 0 saturated carbocycles. The van der Waals surface area contributed by atoms with Crippen LogP contribution in [-0.2, 0) is 11.4 Å². The maximum atomic E-state index is 13.7. The highest BCUT2D eigenvalue weighted by molar-refractivity contribution is 6.01. The Morgan fingerprint density at radius 2 is 1.85 bits per heavy atom. The van der Waals surface area contributed by atoms with Crippen molar-refractivity contribution in [2.45, 2.75) is 32.1 Å². The number of hydrogen-bond donors (Lipinski definition) is 1. The smallest absolute Gasteiger partial charge is 0.145 e. The maximum absolute atomic E-state index is 13.7. The molecule has 1 aliphatic rings. The Kier molecular flexibility index (Phi) is 7.87. The number of ether oxygens (including phenoxy) is 1. The van der Waals surface area contributed by atoms with Crippen LogP contribution in [0.1, 0.15) is 23.1 Å². The Bertz CT molecular complexity index is 1120. The molecule has 0 bridgehead atoms. The summed E-state index contributed by atoms with van der Waals surface area (Å²) in [5.41, 5.74) is 3.35. The molecule has 5 nitrogen and oxygen atoms in total. The van der Waals surface area contributed by atoms with Crippen molar-refractivity contribution in [3.05, 3.63) is 101 Å². The summed E-state index contributed by atoms with van der Waals surface area (Å²) in [6.07, 6.45) is -0.439. The molecule has 1 N–H and O–H groups in total. The zero-order valence-electron chi connectivity index (χ0n) is 19.0. The van der Waals surface area contributed by atoms with Crippen molar-refractivity contribution in [1.82, 2.24) is 4.90 Å². The van der Waals surface area contributed by atoms with Crippen molar-refractivity contribution in [3.8, 4) is 5.75 Å². The van der Waals surface area contributed by atoms with Gasteiger partial charge in [-0.2, -0.15) is 0 Å². The molecule has 0 fully saturated rings. The highest BCUT2D eigenvalue weighted by atomic mass is 19.1. The minimum Gasteiger partial charge on any atom is -0.491 e. The number of nitrogens with zero attached hydrogens (tertiary/aromatic N) is 2. The van der Waals surface area contributed by atoms with E-state index in [0.29, 0.717) is 26.1 Å². The van der Waals surface area contributed by atoms with Gasteiger partial charge in [0.1, 0.15) is 36.2 Å². The average Bonchev–Trinajstić information content (AvgIpc) is 3.27. The zero-order chi connectivity index (χ0) is 23.9. The summed E-state index contributed by atoms with van der Waals surface area (Å²) in [4.78, 5) is 7.64. The van der Waals surface area contributed by atoms with Crippen LogP contribution in [0.15, 0.2) is 78.0 Å². The minimum absolute atomic E-state index is 0.132. The van der Waals surface area contributed by atoms with Crippen LogP contribution in [0.2, 0.25) is 0 Å². The molecule has 34 heavy (non-hydrogen) atoms. The van der Waals surface area contributed by atoms with Gasteiger partial charge in [-0.25, -0.2) is 8.78 Å². The molecule has 178 valence electrons. The lowest BCUT2D eigenvalue weighted by Crippen LogP contribution is -2.39. The average molecular weight is 467 g/mol. The van der Waals surface area contributed by atoms with Crippen molar-refractivity contribution >= 4 is 5.71 Å². The van der Waals surface area contributed by atoms with E-state index in [1.165, 1.54) is 24.3 Å². The quantitative estimate of drug-likeness (QED) is 0.470. The van der Waals surface area contributed by atoms with Gasteiger partial charge in [-0.05, 0) is 53.9 Å². The van der Waals surface area contributed by atoms with Crippen molar-refractivity contribution in [1.29, 1.82) is 0 Å². The topological polar surface area (TPSA) is 54.3 Å². The molecule has 3 aromatic rings. The first-order valence-electron chi connectivity index (χ1n) is 11.3. The summed E-state index contributed by atoms with van der Waals surface area (Å²) in [6.45, 7) is 3.31. The summed E-state index contributed by atoms with van der Waals surface area (Å²) >= 11 is 0. The second-order valence-electron chi connectivity index (χ2n) is 8.53. The van der Waals surface area contributed by atoms with Crippen molar-refractivity contribution in [2.75, 3.05) is 19.7 Å². The second kappa shape index (κ2) is 11.2. The lowest BCUT2D eigenvalue weighted by molar-refractivity contribution is 0.0212. The van der Waals surface area contributed by atoms with Gasteiger partial charge in [-0.3, -0.25) is 4.90 Å². The van der Waals surface area contributed by atoms with Crippen molar-refractivity contribution in [2.24, 2.45) is 5.16 Å². The summed E-state index contributed by atoms with van der Waals surface area (Å²) in [6, 6.07) is 20.2. The molecular weight excluding hydrogens is 438 g/mol. The predicted octanol–water partition coefficient (Wildman–Crippen LogP) is 4.71. The van der Waals surface area contributed by atoms with Gasteiger partial charge < -0.3 is 14.7 Å². The van der Waals surface area contributed by atoms with Crippen molar-refractivity contribution < 1.29 is 23.5 Å². The van der Waals surface area contributed by atoms with E-state index < -0.39 is 6.10 Å². The van der Waals surface area contributed by atoms with Gasteiger partial charge >= 0.3 is 0 Å². The highest BCUT2D eigenvalue weighted by Crippen LogP contribution is 2.20. The fourth-order valence-electron chi connectivity index (χ4n) is 3.98. The Morgan fingerprint density at radius 3 is 2.62 bits per heavy atom. The van der Waals surface area contributed by atoms with Crippen LogP contribution in [-0.4, -0.2) is 47.6 Å². The Labute approximate surface area is 198 Å². The molecule has 0 radical (unpaired) electrons. The number of aliphatic hydroxyl groups is 1. The number of hydrogen-bond acceptors (Lipinski definition) is 5. The molecule has 0 spiro atoms. The van der Waals surface area contributed by atoms with Gasteiger partial charge in [0.25, 0.3) is 0 Å². The first kappa shape index (κ1) is 23.9. The molecule has 0 amide bonds.